The molecule has 1 aromatic carbocycles. The van der Waals surface area contributed by atoms with Gasteiger partial charge < -0.3 is 11.5 Å². The van der Waals surface area contributed by atoms with Crippen LogP contribution in [0.4, 0.5) is 15.8 Å². The van der Waals surface area contributed by atoms with Gasteiger partial charge in [-0.3, -0.25) is 0 Å². The zero-order chi connectivity index (χ0) is 10.9. The van der Waals surface area contributed by atoms with E-state index in [1.165, 1.54) is 12.1 Å². The van der Waals surface area contributed by atoms with Crippen molar-refractivity contribution in [1.82, 2.24) is 0 Å². The maximum atomic E-state index is 13.3. The molecule has 0 aliphatic rings. The third-order valence-corrected chi connectivity index (χ3v) is 2.08. The molecule has 6 heteroatoms. The molecule has 0 radical (unpaired) electrons. The summed E-state index contributed by atoms with van der Waals surface area (Å²) in [7, 11) is 0. The van der Waals surface area contributed by atoms with Crippen LogP contribution in [0.3, 0.4) is 0 Å². The highest BCUT2D eigenvalue weighted by molar-refractivity contribution is 6.36. The Balaban J connectivity index is 3.78. The molecule has 0 atom stereocenters. The van der Waals surface area contributed by atoms with Crippen molar-refractivity contribution in [2.24, 2.45) is 0 Å². The minimum absolute atomic E-state index is 0.167. The number of hydrogen-bond acceptors (Lipinski definition) is 4. The molecule has 0 saturated carbocycles. The SMILES string of the molecule is N#Cc1c(N)c(Cl)c(N)c(C#N)c1F. The number of halogens is 2. The molecule has 70 valence electrons. The second-order valence-electron chi connectivity index (χ2n) is 2.43. The molecule has 0 aromatic heterocycles. The molecule has 0 aliphatic heterocycles. The Morgan fingerprint density at radius 3 is 1.71 bits per heavy atom. The Hall–Kier alpha value is -1.98. The van der Waals surface area contributed by atoms with E-state index >= 15 is 0 Å². The maximum Gasteiger partial charge on any atom is 0.163 e. The lowest BCUT2D eigenvalue weighted by Crippen LogP contribution is -2.04. The molecule has 0 aliphatic carbocycles. The lowest BCUT2D eigenvalue weighted by Gasteiger charge is -2.07. The molecular formula is C8H4ClFN4. The fourth-order valence-corrected chi connectivity index (χ4v) is 1.13. The van der Waals surface area contributed by atoms with Crippen LogP contribution in [-0.2, 0) is 0 Å². The highest BCUT2D eigenvalue weighted by atomic mass is 35.5. The molecule has 4 N–H and O–H groups in total. The molecule has 4 nitrogen and oxygen atoms in total. The minimum atomic E-state index is -1.03. The Morgan fingerprint density at radius 2 is 1.43 bits per heavy atom. The van der Waals surface area contributed by atoms with Crippen molar-refractivity contribution in [3.8, 4) is 12.1 Å². The minimum Gasteiger partial charge on any atom is -0.396 e. The van der Waals surface area contributed by atoms with Crippen LogP contribution in [0.2, 0.25) is 5.02 Å². The van der Waals surface area contributed by atoms with Crippen LogP contribution in [0.1, 0.15) is 11.1 Å². The zero-order valence-electron chi connectivity index (χ0n) is 6.81. The zero-order valence-corrected chi connectivity index (χ0v) is 7.56. The number of nitrogen functional groups attached to an aromatic ring is 2. The maximum absolute atomic E-state index is 13.3. The van der Waals surface area contributed by atoms with Crippen molar-refractivity contribution >= 4 is 23.0 Å². The van der Waals surface area contributed by atoms with Gasteiger partial charge in [0.1, 0.15) is 23.3 Å². The van der Waals surface area contributed by atoms with E-state index in [1.807, 2.05) is 0 Å². The molecule has 14 heavy (non-hydrogen) atoms. The van der Waals surface area contributed by atoms with Gasteiger partial charge in [-0.2, -0.15) is 10.5 Å². The van der Waals surface area contributed by atoms with E-state index in [0.29, 0.717) is 0 Å². The van der Waals surface area contributed by atoms with Crippen molar-refractivity contribution in [2.45, 2.75) is 0 Å². The highest BCUT2D eigenvalue weighted by Gasteiger charge is 2.19. The van der Waals surface area contributed by atoms with Gasteiger partial charge in [0.15, 0.2) is 5.82 Å². The third-order valence-electron chi connectivity index (χ3n) is 1.67. The molecule has 0 amide bonds. The number of hydrogen-bond donors (Lipinski definition) is 2. The van der Waals surface area contributed by atoms with Gasteiger partial charge in [0.05, 0.1) is 16.4 Å². The van der Waals surface area contributed by atoms with Crippen molar-refractivity contribution < 1.29 is 4.39 Å². The van der Waals surface area contributed by atoms with Gasteiger partial charge in [-0.1, -0.05) is 11.6 Å². The van der Waals surface area contributed by atoms with E-state index in [-0.39, 0.29) is 16.4 Å². The molecule has 0 spiro atoms. The number of benzene rings is 1. The summed E-state index contributed by atoms with van der Waals surface area (Å²) in [6.45, 7) is 0. The Kier molecular flexibility index (Phi) is 2.46. The summed E-state index contributed by atoms with van der Waals surface area (Å²) >= 11 is 5.60. The molecular weight excluding hydrogens is 207 g/mol. The summed E-state index contributed by atoms with van der Waals surface area (Å²) in [6, 6.07) is 3.03. The molecule has 0 heterocycles. The van der Waals surface area contributed by atoms with Crippen molar-refractivity contribution in [2.75, 3.05) is 11.5 Å². The number of rotatable bonds is 0. The molecule has 0 bridgehead atoms. The standard InChI is InChI=1S/C8H4ClFN4/c9-5-7(13)3(1-11)6(10)4(2-12)8(5)14/h13-14H2. The first-order valence-corrected chi connectivity index (χ1v) is 3.78. The van der Waals surface area contributed by atoms with Gasteiger partial charge in [-0.25, -0.2) is 4.39 Å². The first-order valence-electron chi connectivity index (χ1n) is 3.40. The summed E-state index contributed by atoms with van der Waals surface area (Å²) in [4.78, 5) is 0. The Morgan fingerprint density at radius 1 is 1.07 bits per heavy atom. The number of nitriles is 2. The van der Waals surface area contributed by atoms with Crippen molar-refractivity contribution in [3.05, 3.63) is 22.0 Å². The smallest absolute Gasteiger partial charge is 0.163 e. The second-order valence-corrected chi connectivity index (χ2v) is 2.81. The quantitative estimate of drug-likeness (QED) is 0.632. The van der Waals surface area contributed by atoms with Gasteiger partial charge in [-0.15, -0.1) is 0 Å². The van der Waals surface area contributed by atoms with Crippen LogP contribution in [-0.4, -0.2) is 0 Å². The van der Waals surface area contributed by atoms with Gasteiger partial charge in [0, 0.05) is 0 Å². The van der Waals surface area contributed by atoms with E-state index in [1.54, 1.807) is 0 Å². The van der Waals surface area contributed by atoms with Gasteiger partial charge >= 0.3 is 0 Å². The summed E-state index contributed by atoms with van der Waals surface area (Å²) in [6.07, 6.45) is 0. The van der Waals surface area contributed by atoms with E-state index in [9.17, 15) is 4.39 Å². The normalized spacial score (nSPS) is 9.14. The van der Waals surface area contributed by atoms with E-state index < -0.39 is 16.9 Å². The summed E-state index contributed by atoms with van der Waals surface area (Å²) < 4.78 is 13.3. The molecule has 0 saturated heterocycles. The molecule has 0 fully saturated rings. The van der Waals surface area contributed by atoms with E-state index in [0.717, 1.165) is 0 Å². The van der Waals surface area contributed by atoms with Crippen molar-refractivity contribution in [3.63, 3.8) is 0 Å². The first-order chi connectivity index (χ1) is 6.54. The monoisotopic (exact) mass is 210 g/mol. The lowest BCUT2D eigenvalue weighted by atomic mass is 10.1. The average molecular weight is 211 g/mol. The third kappa shape index (κ3) is 1.20. The van der Waals surface area contributed by atoms with Gasteiger partial charge in [-0.05, 0) is 0 Å². The summed E-state index contributed by atoms with van der Waals surface area (Å²) in [5, 5.41) is 16.9. The van der Waals surface area contributed by atoms with E-state index in [2.05, 4.69) is 0 Å². The Labute approximate surface area is 84.1 Å². The van der Waals surface area contributed by atoms with Crippen LogP contribution >= 0.6 is 11.6 Å². The van der Waals surface area contributed by atoms with Crippen LogP contribution in [0, 0.1) is 28.5 Å². The largest absolute Gasteiger partial charge is 0.396 e. The van der Waals surface area contributed by atoms with Crippen molar-refractivity contribution in [1.29, 1.82) is 10.5 Å². The van der Waals surface area contributed by atoms with Gasteiger partial charge in [0.25, 0.3) is 0 Å². The highest BCUT2D eigenvalue weighted by Crippen LogP contribution is 2.34. The summed E-state index contributed by atoms with van der Waals surface area (Å²) in [5.74, 6) is -1.03. The molecule has 1 rings (SSSR count). The summed E-state index contributed by atoms with van der Waals surface area (Å²) in [5.41, 5.74) is 9.26. The molecule has 1 aromatic rings. The fraction of sp³-hybridized carbons (Fsp3) is 0. The first kappa shape index (κ1) is 10.1. The Bertz CT molecular complexity index is 443. The number of nitrogens with zero attached hydrogens (tertiary/aromatic N) is 2. The molecule has 0 unspecified atom stereocenters. The van der Waals surface area contributed by atoms with Crippen LogP contribution in [0.5, 0.6) is 0 Å². The predicted molar refractivity (Wildman–Crippen MR) is 49.7 cm³/mol. The van der Waals surface area contributed by atoms with Crippen LogP contribution in [0.15, 0.2) is 0 Å². The van der Waals surface area contributed by atoms with Crippen LogP contribution in [0.25, 0.3) is 0 Å². The second kappa shape index (κ2) is 3.41. The van der Waals surface area contributed by atoms with E-state index in [4.69, 9.17) is 33.6 Å². The predicted octanol–water partition coefficient (Wildman–Crippen LogP) is 1.39. The fourth-order valence-electron chi connectivity index (χ4n) is 0.945. The number of nitrogens with two attached hydrogens (primary N) is 2. The van der Waals surface area contributed by atoms with Gasteiger partial charge in [0.2, 0.25) is 0 Å². The topological polar surface area (TPSA) is 99.6 Å². The average Bonchev–Trinajstić information content (AvgIpc) is 2.16. The lowest BCUT2D eigenvalue weighted by molar-refractivity contribution is 0.621. The van der Waals surface area contributed by atoms with Crippen LogP contribution < -0.4 is 11.5 Å². The number of anilines is 2.